The van der Waals surface area contributed by atoms with Crippen LogP contribution < -0.4 is 29.6 Å². The molecule has 0 amide bonds. The molecule has 0 aliphatic carbocycles. The van der Waals surface area contributed by atoms with Crippen LogP contribution >= 0.6 is 12.3 Å². The van der Waals surface area contributed by atoms with E-state index in [4.69, 9.17) is 9.11 Å². The maximum Gasteiger partial charge on any atom is 1.00 e. The molecule has 0 aliphatic rings. The van der Waals surface area contributed by atoms with E-state index >= 15 is 0 Å². The van der Waals surface area contributed by atoms with E-state index in [1.807, 2.05) is 0 Å². The van der Waals surface area contributed by atoms with E-state index in [9.17, 15) is 0 Å². The smallest absolute Gasteiger partial charge is 0.776 e. The zero-order chi connectivity index (χ0) is 2.71. The molecule has 4 heavy (non-hydrogen) atoms. The van der Waals surface area contributed by atoms with Crippen molar-refractivity contribution in [3.63, 3.8) is 0 Å². The average molecular weight is 88.1 g/mol. The quantitative estimate of drug-likeness (QED) is 0.259. The number of hydrogen-bond acceptors (Lipinski definition) is 3. The molecule has 0 rings (SSSR count). The largest absolute Gasteiger partial charge is 1.00 e. The summed E-state index contributed by atoms with van der Waals surface area (Å²) < 4.78 is 15.3. The molecule has 0 heterocycles. The van der Waals surface area contributed by atoms with Gasteiger partial charge in [0.2, 0.25) is 0 Å². The van der Waals surface area contributed by atoms with Gasteiger partial charge in [0.05, 0.1) is 0 Å². The molecule has 0 saturated heterocycles. The normalized spacial score (nSPS) is 4.50. The van der Waals surface area contributed by atoms with Crippen LogP contribution in [0.3, 0.4) is 0 Å². The first kappa shape index (κ1) is 8.99. The Bertz CT molecular complexity index is 6.00. The van der Waals surface area contributed by atoms with Gasteiger partial charge in [-0.25, -0.2) is 0 Å². The molecular formula is HNaO2S. The molecule has 0 aromatic carbocycles. The summed E-state index contributed by atoms with van der Waals surface area (Å²) in [6.07, 6.45) is 0. The summed E-state index contributed by atoms with van der Waals surface area (Å²) >= 11 is -0.500. The van der Waals surface area contributed by atoms with Crippen molar-refractivity contribution in [3.8, 4) is 0 Å². The van der Waals surface area contributed by atoms with Crippen molar-refractivity contribution in [2.24, 2.45) is 0 Å². The van der Waals surface area contributed by atoms with Crippen LogP contribution in [0.1, 0.15) is 0 Å². The molecule has 0 radical (unpaired) electrons. The summed E-state index contributed by atoms with van der Waals surface area (Å²) in [6.45, 7) is 0. The maximum absolute atomic E-state index is 8.40. The summed E-state index contributed by atoms with van der Waals surface area (Å²) in [6, 6.07) is 0. The van der Waals surface area contributed by atoms with Gasteiger partial charge in [-0.15, -0.1) is 12.3 Å². The Labute approximate surface area is 50.9 Å². The number of rotatable bonds is 0. The molecule has 0 unspecified atom stereocenters. The van der Waals surface area contributed by atoms with Crippen molar-refractivity contribution in [2.45, 2.75) is 0 Å². The predicted octanol–water partition coefficient (Wildman–Crippen LogP) is -2.67. The van der Waals surface area contributed by atoms with Crippen LogP contribution in [0.4, 0.5) is 0 Å². The second-order valence-electron chi connectivity index (χ2n) is 0.0745. The van der Waals surface area contributed by atoms with E-state index in [2.05, 4.69) is 0 Å². The topological polar surface area (TPSA) is 43.3 Å². The fourth-order valence-electron chi connectivity index (χ4n) is 0. The summed E-state index contributed by atoms with van der Waals surface area (Å²) in [4.78, 5) is 0. The maximum atomic E-state index is 8.40. The Morgan fingerprint density at radius 3 is 1.75 bits per heavy atom. The van der Waals surface area contributed by atoms with Gasteiger partial charge in [-0.3, -0.25) is 0 Å². The van der Waals surface area contributed by atoms with E-state index in [0.29, 0.717) is 0 Å². The zero-order valence-corrected chi connectivity index (χ0v) is 5.08. The molecule has 2 nitrogen and oxygen atoms in total. The standard InChI is InChI=1S/Na.H2O2S/c;1-3-2/h;1-2H/q+1;/p-1. The van der Waals surface area contributed by atoms with E-state index in [-0.39, 0.29) is 29.6 Å². The van der Waals surface area contributed by atoms with Crippen molar-refractivity contribution in [1.82, 2.24) is 0 Å². The average Bonchev–Trinajstić information content (AvgIpc) is 0.918. The summed E-state index contributed by atoms with van der Waals surface area (Å²) in [5.74, 6) is 0. The summed E-state index contributed by atoms with van der Waals surface area (Å²) in [5.41, 5.74) is 0. The van der Waals surface area contributed by atoms with E-state index < -0.39 is 12.3 Å². The monoisotopic (exact) mass is 88.0 g/mol. The Hall–Kier alpha value is 1.27. The van der Waals surface area contributed by atoms with Crippen molar-refractivity contribution in [1.29, 1.82) is 0 Å². The number of hydrogen-bond donors (Lipinski definition) is 1. The van der Waals surface area contributed by atoms with E-state index in [0.717, 1.165) is 0 Å². The first-order chi connectivity index (χ1) is 1.41. The van der Waals surface area contributed by atoms with Gasteiger partial charge in [0, 0.05) is 0 Å². The minimum absolute atomic E-state index is 0. The van der Waals surface area contributed by atoms with Crippen LogP contribution in [0.15, 0.2) is 0 Å². The Balaban J connectivity index is 0. The molecule has 20 valence electrons. The van der Waals surface area contributed by atoms with Crippen LogP contribution in [0.2, 0.25) is 0 Å². The second kappa shape index (κ2) is 8.86. The fraction of sp³-hybridized carbons (Fsp3) is 0. The molecule has 0 aromatic rings. The molecule has 0 atom stereocenters. The van der Waals surface area contributed by atoms with Gasteiger partial charge in [0.25, 0.3) is 0 Å². The molecule has 0 saturated carbocycles. The molecule has 0 spiro atoms. The third kappa shape index (κ3) is 10.4. The first-order valence-electron chi connectivity index (χ1n) is 0.349. The van der Waals surface area contributed by atoms with Crippen molar-refractivity contribution < 1.29 is 38.7 Å². The third-order valence-corrected chi connectivity index (χ3v) is 0. The van der Waals surface area contributed by atoms with Crippen LogP contribution in [0, 0.1) is 0 Å². The van der Waals surface area contributed by atoms with Crippen molar-refractivity contribution in [3.05, 3.63) is 0 Å². The second-order valence-corrected chi connectivity index (χ2v) is 0.224. The predicted molar refractivity (Wildman–Crippen MR) is 11.0 cm³/mol. The van der Waals surface area contributed by atoms with E-state index in [1.165, 1.54) is 0 Å². The molecule has 0 aromatic heterocycles. The van der Waals surface area contributed by atoms with Crippen LogP contribution in [0.5, 0.6) is 0 Å². The Kier molecular flexibility index (Phi) is 19.9. The molecular weight excluding hydrogens is 87.1 g/mol. The van der Waals surface area contributed by atoms with Gasteiger partial charge < -0.3 is 9.11 Å². The SMILES string of the molecule is [Na+].[O-]SO. The van der Waals surface area contributed by atoms with Crippen LogP contribution in [-0.4, -0.2) is 9.11 Å². The van der Waals surface area contributed by atoms with Gasteiger partial charge >= 0.3 is 29.6 Å². The molecule has 0 bridgehead atoms. The van der Waals surface area contributed by atoms with Crippen LogP contribution in [0.25, 0.3) is 0 Å². The minimum Gasteiger partial charge on any atom is -0.776 e. The summed E-state index contributed by atoms with van der Waals surface area (Å²) in [5, 5.41) is 0. The molecule has 1 N–H and O–H groups in total. The zero-order valence-electron chi connectivity index (χ0n) is 2.26. The van der Waals surface area contributed by atoms with Crippen molar-refractivity contribution in [2.75, 3.05) is 0 Å². The first-order valence-corrected chi connectivity index (χ1v) is 1.05. The van der Waals surface area contributed by atoms with Crippen LogP contribution in [-0.2, 0) is 0 Å². The van der Waals surface area contributed by atoms with Gasteiger partial charge in [-0.2, -0.15) is 0 Å². The molecule has 4 heteroatoms. The van der Waals surface area contributed by atoms with E-state index in [1.54, 1.807) is 0 Å². The van der Waals surface area contributed by atoms with Gasteiger partial charge in [-0.1, -0.05) is 0 Å². The third-order valence-electron chi connectivity index (χ3n) is 0. The Morgan fingerprint density at radius 2 is 1.75 bits per heavy atom. The molecule has 0 fully saturated rings. The minimum atomic E-state index is -0.500. The van der Waals surface area contributed by atoms with Crippen molar-refractivity contribution >= 4 is 12.3 Å². The summed E-state index contributed by atoms with van der Waals surface area (Å²) in [7, 11) is 0. The Morgan fingerprint density at radius 1 is 1.75 bits per heavy atom. The van der Waals surface area contributed by atoms with Gasteiger partial charge in [-0.05, 0) is 0 Å². The fourth-order valence-corrected chi connectivity index (χ4v) is 0. The van der Waals surface area contributed by atoms with Gasteiger partial charge in [0.15, 0.2) is 0 Å². The molecule has 0 aliphatic heterocycles. The van der Waals surface area contributed by atoms with Gasteiger partial charge in [0.1, 0.15) is 0 Å².